The van der Waals surface area contributed by atoms with Crippen molar-refractivity contribution in [2.45, 2.75) is 59.3 Å². The molecule has 2 radical (unpaired) electrons. The third kappa shape index (κ3) is 76.5. The summed E-state index contributed by atoms with van der Waals surface area (Å²) in [6.45, 7) is 14.1. The Morgan fingerprint density at radius 3 is 1.53 bits per heavy atom. The number of rotatable bonds is 5. The van der Waals surface area contributed by atoms with Crippen LogP contribution in [0.1, 0.15) is 59.3 Å². The van der Waals surface area contributed by atoms with Crippen molar-refractivity contribution < 1.29 is 101 Å². The van der Waals surface area contributed by atoms with Crippen molar-refractivity contribution in [1.82, 2.24) is 0 Å². The molecule has 0 saturated heterocycles. The molecule has 1 unspecified atom stereocenters. The summed E-state index contributed by atoms with van der Waals surface area (Å²) in [6, 6.07) is 0. The van der Waals surface area contributed by atoms with Crippen LogP contribution in [0.25, 0.3) is 0 Å². The summed E-state index contributed by atoms with van der Waals surface area (Å²) in [6.07, 6.45) is 7.49. The molecule has 0 saturated carbocycles. The minimum absolute atomic E-state index is 0. The van der Waals surface area contributed by atoms with Gasteiger partial charge < -0.3 is 33.1 Å². The molecule has 0 aliphatic heterocycles. The Kier molecular flexibility index (Phi) is 45.3. The third-order valence-electron chi connectivity index (χ3n) is 1.90. The van der Waals surface area contributed by atoms with Crippen LogP contribution in [0.2, 0.25) is 0 Å². The van der Waals surface area contributed by atoms with Gasteiger partial charge in [-0.05, 0) is 0 Å². The molecule has 0 bridgehead atoms. The Morgan fingerprint density at radius 1 is 1.05 bits per heavy atom. The number of unbranched alkanes of at least 4 members (excludes halogenated alkanes) is 2. The molecule has 0 rings (SSSR count). The molecule has 110 valence electrons. The van der Waals surface area contributed by atoms with Gasteiger partial charge in [-0.3, -0.25) is 0 Å². The van der Waals surface area contributed by atoms with E-state index in [1.165, 1.54) is 32.1 Å². The van der Waals surface area contributed by atoms with Crippen molar-refractivity contribution in [2.75, 3.05) is 0 Å². The zero-order chi connectivity index (χ0) is 14.3. The molecule has 0 amide bonds. The van der Waals surface area contributed by atoms with Crippen LogP contribution in [0, 0.1) is 101 Å². The third-order valence-corrected chi connectivity index (χ3v) is 1.90. The van der Waals surface area contributed by atoms with E-state index in [1.54, 1.807) is 0 Å². The predicted octanol–water partition coefficient (Wildman–Crippen LogP) is 1.83. The van der Waals surface area contributed by atoms with Crippen molar-refractivity contribution in [3.63, 3.8) is 0 Å². The van der Waals surface area contributed by atoms with Crippen LogP contribution in [0.15, 0.2) is 0 Å². The van der Waals surface area contributed by atoms with Gasteiger partial charge in [0.15, 0.2) is 0 Å². The molecule has 0 aromatic carbocycles. The number of phosphoric acid groups is 1. The van der Waals surface area contributed by atoms with Gasteiger partial charge in [-0.2, -0.15) is 20.2 Å². The van der Waals surface area contributed by atoms with E-state index in [0.29, 0.717) is 5.92 Å². The van der Waals surface area contributed by atoms with E-state index in [2.05, 4.69) is 34.6 Å². The van der Waals surface area contributed by atoms with Crippen molar-refractivity contribution >= 4 is 7.82 Å². The smallest absolute Gasteiger partial charge is 0.822 e. The molecular weight excluding hydrogens is 528 g/mol. The van der Waals surface area contributed by atoms with Gasteiger partial charge in [0, 0.05) is 0 Å². The van der Waals surface area contributed by atoms with E-state index in [-0.39, 0.29) is 81.7 Å². The maximum atomic E-state index is 8.55. The molecule has 0 aliphatic rings. The van der Waals surface area contributed by atoms with Gasteiger partial charge in [0.2, 0.25) is 0 Å². The molecule has 0 fully saturated rings. The summed E-state index contributed by atoms with van der Waals surface area (Å²) in [4.78, 5) is 25.6. The maximum Gasteiger partial charge on any atom is 3.00 e. The Balaban J connectivity index is -0.0000000524. The van der Waals surface area contributed by atoms with Crippen molar-refractivity contribution in [1.29, 1.82) is 0 Å². The Hall–Kier alpha value is 2.81. The summed E-state index contributed by atoms with van der Waals surface area (Å²) in [5, 5.41) is 0. The Morgan fingerprint density at radius 2 is 1.37 bits per heavy atom. The summed E-state index contributed by atoms with van der Waals surface area (Å²) < 4.78 is 8.55. The number of hydrogen-bond donors (Lipinski definition) is 0. The summed E-state index contributed by atoms with van der Waals surface area (Å²) in [5.41, 5.74) is 0. The van der Waals surface area contributed by atoms with Gasteiger partial charge in [-0.15, -0.1) is 0 Å². The van der Waals surface area contributed by atoms with Crippen LogP contribution in [0.4, 0.5) is 0 Å². The van der Waals surface area contributed by atoms with Gasteiger partial charge in [-0.25, -0.2) is 0 Å². The molecule has 1 atom stereocenters. The largest absolute Gasteiger partial charge is 3.00 e. The SMILES string of the molecule is O=P([O-])([O-])[O-].[CH2-]C(CC)CCCC.[CH2-]CCC.[Nd+3].[Nd+3]. The minimum Gasteiger partial charge on any atom is -0.822 e. The fourth-order valence-corrected chi connectivity index (χ4v) is 0.697. The number of hydrogen-bond acceptors (Lipinski definition) is 4. The second kappa shape index (κ2) is 25.7. The first-order valence-electron chi connectivity index (χ1n) is 6.08. The second-order valence-electron chi connectivity index (χ2n) is 3.72. The molecule has 0 aromatic rings. The summed E-state index contributed by atoms with van der Waals surface area (Å²) in [5.74, 6) is 0.704. The summed E-state index contributed by atoms with van der Waals surface area (Å²) in [7, 11) is -5.39. The molecule has 0 aliphatic carbocycles. The average Bonchev–Trinajstić information content (AvgIpc) is 2.23. The molecule has 7 heteroatoms. The predicted molar refractivity (Wildman–Crippen MR) is 66.5 cm³/mol. The van der Waals surface area contributed by atoms with Gasteiger partial charge in [-0.1, -0.05) is 52.9 Å². The second-order valence-corrected chi connectivity index (χ2v) is 4.61. The maximum absolute atomic E-state index is 8.55. The first-order valence-corrected chi connectivity index (χ1v) is 7.54. The van der Waals surface area contributed by atoms with Gasteiger partial charge in [0.05, 0.1) is 0 Å². The normalized spacial score (nSPS) is 10.5. The van der Waals surface area contributed by atoms with Crippen LogP contribution in [-0.2, 0) is 4.57 Å². The van der Waals surface area contributed by atoms with Crippen LogP contribution >= 0.6 is 7.82 Å². The standard InChI is InChI=1S/C8H17.C4H9.2Nd.H3O4P/c1-4-6-7-8(3)5-2;1-3-4-2;;;1-5(2,3)4/h8H,3-7H2,1-2H3;1,3-4H2,2H3;;;(H3,1,2,3,4)/q2*-1;2*+3;/p-3. The van der Waals surface area contributed by atoms with Crippen LogP contribution in [0.3, 0.4) is 0 Å². The van der Waals surface area contributed by atoms with Gasteiger partial charge in [0.1, 0.15) is 0 Å². The van der Waals surface area contributed by atoms with E-state index in [1.807, 2.05) is 0 Å². The first-order chi connectivity index (χ1) is 7.72. The molecular formula is C12H26Nd2O4P+. The first kappa shape index (κ1) is 33.4. The fourth-order valence-electron chi connectivity index (χ4n) is 0.697. The molecule has 0 heterocycles. The van der Waals surface area contributed by atoms with Crippen LogP contribution < -0.4 is 14.7 Å². The molecule has 0 N–H and O–H groups in total. The van der Waals surface area contributed by atoms with Gasteiger partial charge >= 0.3 is 81.7 Å². The molecule has 0 spiro atoms. The molecule has 0 aromatic heterocycles. The fraction of sp³-hybridized carbons (Fsp3) is 0.833. The zero-order valence-electron chi connectivity index (χ0n) is 12.3. The monoisotopic (exact) mass is 549 g/mol. The van der Waals surface area contributed by atoms with Crippen LogP contribution in [-0.4, -0.2) is 0 Å². The van der Waals surface area contributed by atoms with Crippen LogP contribution in [0.5, 0.6) is 0 Å². The van der Waals surface area contributed by atoms with Crippen molar-refractivity contribution in [3.05, 3.63) is 13.8 Å². The summed E-state index contributed by atoms with van der Waals surface area (Å²) >= 11 is 0. The quantitative estimate of drug-likeness (QED) is 0.384. The Labute approximate surface area is 185 Å². The van der Waals surface area contributed by atoms with Crippen molar-refractivity contribution in [3.8, 4) is 0 Å². The molecule has 4 nitrogen and oxygen atoms in total. The average molecular weight is 554 g/mol. The van der Waals surface area contributed by atoms with E-state index >= 15 is 0 Å². The van der Waals surface area contributed by atoms with Gasteiger partial charge in [0.25, 0.3) is 0 Å². The molecule has 19 heavy (non-hydrogen) atoms. The topological polar surface area (TPSA) is 86.2 Å². The van der Waals surface area contributed by atoms with E-state index < -0.39 is 7.82 Å². The van der Waals surface area contributed by atoms with Crippen molar-refractivity contribution in [2.24, 2.45) is 5.92 Å². The van der Waals surface area contributed by atoms with E-state index in [4.69, 9.17) is 19.2 Å². The zero-order valence-corrected chi connectivity index (χ0v) is 19.6. The minimum atomic E-state index is -5.39. The van der Waals surface area contributed by atoms with E-state index in [9.17, 15) is 0 Å². The van der Waals surface area contributed by atoms with E-state index in [0.717, 1.165) is 6.42 Å². The Bertz CT molecular complexity index is 167.